The van der Waals surface area contributed by atoms with E-state index >= 15 is 0 Å². The molecule has 84 valence electrons. The number of anilines is 1. The summed E-state index contributed by atoms with van der Waals surface area (Å²) in [5.74, 6) is 0. The van der Waals surface area contributed by atoms with Crippen LogP contribution in [-0.2, 0) is 6.18 Å². The summed E-state index contributed by atoms with van der Waals surface area (Å²) in [5, 5.41) is 0. The minimum atomic E-state index is -4.62. The van der Waals surface area contributed by atoms with Gasteiger partial charge in [-0.3, -0.25) is 0 Å². The zero-order valence-corrected chi connectivity index (χ0v) is 8.66. The second-order valence-electron chi connectivity index (χ2n) is 2.76. The monoisotopic (exact) mass is 289 g/mol. The molecule has 7 heteroatoms. The summed E-state index contributed by atoms with van der Waals surface area (Å²) in [6.45, 7) is 0. The van der Waals surface area contributed by atoms with Crippen molar-refractivity contribution in [1.82, 2.24) is 0 Å². The lowest BCUT2D eigenvalue weighted by atomic mass is 10.1. The van der Waals surface area contributed by atoms with Gasteiger partial charge in [0.15, 0.2) is 0 Å². The first kappa shape index (κ1) is 12.2. The molecule has 0 aliphatic heterocycles. The van der Waals surface area contributed by atoms with Crippen LogP contribution in [0.3, 0.4) is 0 Å². The van der Waals surface area contributed by atoms with Crippen LogP contribution in [0, 0.1) is 0 Å². The van der Waals surface area contributed by atoms with Crippen molar-refractivity contribution in [3.63, 3.8) is 0 Å². The van der Waals surface area contributed by atoms with Crippen molar-refractivity contribution in [2.24, 2.45) is 0 Å². The van der Waals surface area contributed by atoms with Crippen molar-refractivity contribution in [3.8, 4) is 0 Å². The van der Waals surface area contributed by atoms with E-state index in [1.807, 2.05) is 0 Å². The molecule has 1 nitrogen and oxygen atoms in total. The summed E-state index contributed by atoms with van der Waals surface area (Å²) in [6.07, 6.45) is -7.52. The van der Waals surface area contributed by atoms with E-state index in [-0.39, 0.29) is 0 Å². The molecular formula is C8H5BrF5N. The maximum Gasteiger partial charge on any atom is 0.417 e. The van der Waals surface area contributed by atoms with E-state index in [0.717, 1.165) is 0 Å². The molecule has 0 atom stereocenters. The van der Waals surface area contributed by atoms with Gasteiger partial charge in [-0.1, -0.05) is 15.9 Å². The molecule has 0 heterocycles. The second-order valence-corrected chi connectivity index (χ2v) is 3.61. The van der Waals surface area contributed by atoms with Gasteiger partial charge in [0.1, 0.15) is 0 Å². The van der Waals surface area contributed by atoms with Gasteiger partial charge in [-0.05, 0) is 12.1 Å². The predicted octanol–water partition coefficient (Wildman–Crippen LogP) is 3.99. The number of hydrogen-bond acceptors (Lipinski definition) is 1. The summed E-state index contributed by atoms with van der Waals surface area (Å²) in [7, 11) is 0. The first-order chi connectivity index (χ1) is 6.73. The average molecular weight is 290 g/mol. The molecule has 1 aromatic carbocycles. The molecule has 1 rings (SSSR count). The Kier molecular flexibility index (Phi) is 3.22. The van der Waals surface area contributed by atoms with Crippen molar-refractivity contribution in [1.29, 1.82) is 0 Å². The number of nitrogen functional groups attached to an aromatic ring is 1. The predicted molar refractivity (Wildman–Crippen MR) is 48.5 cm³/mol. The van der Waals surface area contributed by atoms with E-state index in [1.54, 1.807) is 0 Å². The summed E-state index contributed by atoms with van der Waals surface area (Å²) < 4.78 is 60.9. The first-order valence-electron chi connectivity index (χ1n) is 3.67. The summed E-state index contributed by atoms with van der Waals surface area (Å²) in [4.78, 5) is 0. The molecule has 1 aromatic rings. The van der Waals surface area contributed by atoms with Crippen molar-refractivity contribution in [2.75, 3.05) is 5.73 Å². The topological polar surface area (TPSA) is 26.0 Å². The van der Waals surface area contributed by atoms with Crippen LogP contribution in [0.2, 0.25) is 0 Å². The molecule has 0 saturated heterocycles. The molecule has 0 aromatic heterocycles. The van der Waals surface area contributed by atoms with Crippen LogP contribution in [0.5, 0.6) is 0 Å². The van der Waals surface area contributed by atoms with Gasteiger partial charge in [-0.15, -0.1) is 0 Å². The van der Waals surface area contributed by atoms with Gasteiger partial charge in [0.05, 0.1) is 5.56 Å². The number of hydrogen-bond donors (Lipinski definition) is 1. The third kappa shape index (κ3) is 2.58. The van der Waals surface area contributed by atoms with Crippen LogP contribution in [0.15, 0.2) is 16.6 Å². The minimum absolute atomic E-state index is 0.445. The van der Waals surface area contributed by atoms with Crippen LogP contribution in [0.4, 0.5) is 27.6 Å². The van der Waals surface area contributed by atoms with Crippen molar-refractivity contribution >= 4 is 21.6 Å². The van der Waals surface area contributed by atoms with Crippen LogP contribution in [-0.4, -0.2) is 0 Å². The Morgan fingerprint density at radius 1 is 1.20 bits per heavy atom. The maximum atomic E-state index is 12.3. The highest BCUT2D eigenvalue weighted by molar-refractivity contribution is 9.10. The summed E-state index contributed by atoms with van der Waals surface area (Å²) in [6, 6.07) is 1.18. The number of alkyl halides is 5. The summed E-state index contributed by atoms with van der Waals surface area (Å²) in [5.41, 5.74) is 2.84. The molecule has 0 spiro atoms. The Hall–Kier alpha value is -0.850. The molecule has 0 amide bonds. The molecule has 0 aliphatic carbocycles. The van der Waals surface area contributed by atoms with E-state index in [9.17, 15) is 22.0 Å². The van der Waals surface area contributed by atoms with Crippen LogP contribution in [0.25, 0.3) is 0 Å². The van der Waals surface area contributed by atoms with Crippen LogP contribution in [0.1, 0.15) is 17.6 Å². The van der Waals surface area contributed by atoms with Crippen LogP contribution >= 0.6 is 15.9 Å². The van der Waals surface area contributed by atoms with Gasteiger partial charge in [-0.25, -0.2) is 8.78 Å². The third-order valence-electron chi connectivity index (χ3n) is 1.71. The highest BCUT2D eigenvalue weighted by Gasteiger charge is 2.34. The lowest BCUT2D eigenvalue weighted by molar-refractivity contribution is -0.138. The number of halogens is 6. The lowest BCUT2D eigenvalue weighted by Crippen LogP contribution is -2.08. The number of rotatable bonds is 1. The number of benzene rings is 1. The lowest BCUT2D eigenvalue weighted by Gasteiger charge is -2.12. The molecule has 0 fully saturated rings. The minimum Gasteiger partial charge on any atom is -0.398 e. The van der Waals surface area contributed by atoms with Gasteiger partial charge in [-0.2, -0.15) is 13.2 Å². The molecule has 2 N–H and O–H groups in total. The second kappa shape index (κ2) is 3.96. The molecule has 0 aliphatic rings. The third-order valence-corrected chi connectivity index (χ3v) is 2.37. The normalized spacial score (nSPS) is 12.2. The Morgan fingerprint density at radius 2 is 1.73 bits per heavy atom. The van der Waals surface area contributed by atoms with E-state index < -0.39 is 33.9 Å². The Morgan fingerprint density at radius 3 is 2.13 bits per heavy atom. The fourth-order valence-corrected chi connectivity index (χ4v) is 1.60. The Bertz CT molecular complexity index is 374. The molecule has 0 radical (unpaired) electrons. The summed E-state index contributed by atoms with van der Waals surface area (Å²) >= 11 is 2.58. The fraction of sp³-hybridized carbons (Fsp3) is 0.250. The Labute approximate surface area is 90.2 Å². The van der Waals surface area contributed by atoms with E-state index in [2.05, 4.69) is 15.9 Å². The zero-order chi connectivity index (χ0) is 11.8. The van der Waals surface area contributed by atoms with E-state index in [0.29, 0.717) is 12.1 Å². The van der Waals surface area contributed by atoms with Crippen molar-refractivity contribution in [2.45, 2.75) is 12.6 Å². The van der Waals surface area contributed by atoms with Crippen molar-refractivity contribution < 1.29 is 22.0 Å². The largest absolute Gasteiger partial charge is 0.417 e. The average Bonchev–Trinajstić information content (AvgIpc) is 2.06. The van der Waals surface area contributed by atoms with Gasteiger partial charge in [0, 0.05) is 15.7 Å². The Balaban J connectivity index is 3.32. The first-order valence-corrected chi connectivity index (χ1v) is 4.47. The van der Waals surface area contributed by atoms with Crippen LogP contribution < -0.4 is 5.73 Å². The smallest absolute Gasteiger partial charge is 0.398 e. The molecule has 0 unspecified atom stereocenters. The highest BCUT2D eigenvalue weighted by Crippen LogP contribution is 2.39. The number of nitrogens with two attached hydrogens (primary N) is 1. The van der Waals surface area contributed by atoms with Gasteiger partial charge < -0.3 is 5.73 Å². The standard InChI is InChI=1S/C8H5BrF5N/c9-5-1-3(7(10)11)6(15)2-4(5)8(12,13)14/h1-2,7H,15H2. The molecule has 0 bridgehead atoms. The maximum absolute atomic E-state index is 12.3. The van der Waals surface area contributed by atoms with Gasteiger partial charge >= 0.3 is 6.18 Å². The van der Waals surface area contributed by atoms with E-state index in [1.165, 1.54) is 0 Å². The zero-order valence-electron chi connectivity index (χ0n) is 7.08. The SMILES string of the molecule is Nc1cc(C(F)(F)F)c(Br)cc1C(F)F. The van der Waals surface area contributed by atoms with Crippen molar-refractivity contribution in [3.05, 3.63) is 27.7 Å². The molecular weight excluding hydrogens is 285 g/mol. The van der Waals surface area contributed by atoms with Gasteiger partial charge in [0.25, 0.3) is 6.43 Å². The van der Waals surface area contributed by atoms with E-state index in [4.69, 9.17) is 5.73 Å². The quantitative estimate of drug-likeness (QED) is 0.614. The molecule has 0 saturated carbocycles. The molecule has 15 heavy (non-hydrogen) atoms. The van der Waals surface area contributed by atoms with Gasteiger partial charge in [0.2, 0.25) is 0 Å². The highest BCUT2D eigenvalue weighted by atomic mass is 79.9. The fourth-order valence-electron chi connectivity index (χ4n) is 1.01.